The number of piperidine rings is 1. The minimum Gasteiger partial charge on any atom is -0.496 e. The van der Waals surface area contributed by atoms with Crippen LogP contribution in [0.25, 0.3) is 0 Å². The van der Waals surface area contributed by atoms with Gasteiger partial charge in [-0.25, -0.2) is 4.31 Å². The van der Waals surface area contributed by atoms with Crippen molar-refractivity contribution in [2.24, 2.45) is 17.3 Å². The molecule has 8 nitrogen and oxygen atoms in total. The van der Waals surface area contributed by atoms with Crippen molar-refractivity contribution in [3.05, 3.63) is 39.3 Å². The number of halogens is 4. The second-order valence-corrected chi connectivity index (χ2v) is 12.3. The molecule has 0 unspecified atom stereocenters. The maximum absolute atomic E-state index is 14.3. The molecule has 0 aromatic heterocycles. The Morgan fingerprint density at radius 3 is 2.34 bits per heavy atom. The molecule has 1 aromatic rings. The summed E-state index contributed by atoms with van der Waals surface area (Å²) in [5, 5.41) is 14.9. The third-order valence-electron chi connectivity index (χ3n) is 7.05. The maximum atomic E-state index is 14.3. The molecule has 0 radical (unpaired) electrons. The molecule has 1 aromatic carbocycles. The highest BCUT2D eigenvalue weighted by Gasteiger charge is 2.43. The number of rotatable bonds is 11. The number of methoxy groups -OCH3 is 1. The van der Waals surface area contributed by atoms with E-state index in [9.17, 15) is 27.6 Å². The number of nitrogens with one attached hydrogen (secondary N) is 1. The quantitative estimate of drug-likeness (QED) is 0.112. The van der Waals surface area contributed by atoms with Gasteiger partial charge in [0.2, 0.25) is 0 Å². The summed E-state index contributed by atoms with van der Waals surface area (Å²) in [6.45, 7) is 4.14. The monoisotopic (exact) mass is 619 g/mol. The van der Waals surface area contributed by atoms with Gasteiger partial charge in [-0.15, -0.1) is 0 Å². The van der Waals surface area contributed by atoms with E-state index in [1.807, 2.05) is 0 Å². The molecule has 13 heteroatoms. The molecule has 2 N–H and O–H groups in total. The Kier molecular flexibility index (Phi) is 12.9. The van der Waals surface area contributed by atoms with Crippen molar-refractivity contribution in [3.63, 3.8) is 0 Å². The van der Waals surface area contributed by atoms with Crippen LogP contribution in [-0.4, -0.2) is 85.1 Å². The van der Waals surface area contributed by atoms with Crippen LogP contribution in [0.15, 0.2) is 28.7 Å². The molecular weight excluding hydrogens is 583 g/mol. The lowest BCUT2D eigenvalue weighted by Crippen LogP contribution is -2.45. The zero-order chi connectivity index (χ0) is 31.0. The molecule has 3 rings (SSSR count). The molecule has 228 valence electrons. The van der Waals surface area contributed by atoms with Gasteiger partial charge in [-0.3, -0.25) is 9.59 Å². The number of hydrogen-bond acceptors (Lipinski definition) is 8. The van der Waals surface area contributed by atoms with Crippen LogP contribution >= 0.6 is 23.5 Å². The molecule has 1 amide bonds. The number of carbonyl (C=O) groups is 3. The third kappa shape index (κ3) is 9.29. The van der Waals surface area contributed by atoms with Crippen LogP contribution in [0.4, 0.5) is 13.2 Å². The number of hydrogen-bond donors (Lipinski definition) is 2. The highest BCUT2D eigenvalue weighted by molar-refractivity contribution is 8.01. The van der Waals surface area contributed by atoms with Crippen molar-refractivity contribution in [3.8, 4) is 5.75 Å². The molecule has 1 aliphatic heterocycles. The van der Waals surface area contributed by atoms with Gasteiger partial charge in [-0.1, -0.05) is 31.5 Å². The molecule has 2 aliphatic rings. The van der Waals surface area contributed by atoms with Crippen molar-refractivity contribution in [2.75, 3.05) is 40.4 Å². The molecule has 1 heterocycles. The predicted molar refractivity (Wildman–Crippen MR) is 153 cm³/mol. The number of benzene rings is 1. The molecule has 0 bridgehead atoms. The number of amides is 1. The number of alkyl halides is 3. The largest absolute Gasteiger partial charge is 0.496 e. The van der Waals surface area contributed by atoms with Crippen LogP contribution in [0.2, 0.25) is 5.02 Å². The Bertz CT molecular complexity index is 1130. The van der Waals surface area contributed by atoms with Gasteiger partial charge in [0.1, 0.15) is 16.9 Å². The second-order valence-electron chi connectivity index (χ2n) is 10.7. The minimum atomic E-state index is -4.91. The van der Waals surface area contributed by atoms with Gasteiger partial charge in [0.25, 0.3) is 5.91 Å². The van der Waals surface area contributed by atoms with Crippen molar-refractivity contribution < 1.29 is 37.4 Å². The average Bonchev–Trinajstić information content (AvgIpc) is 2.92. The molecule has 41 heavy (non-hydrogen) atoms. The van der Waals surface area contributed by atoms with Crippen LogP contribution in [0.5, 0.6) is 5.75 Å². The standard InChI is InChI=1S/C27H33ClF3N3O4S.CH4O/c1-26(2)11-18(12-26)14-33(15-21(36)23-20(28)5-4-6-22(23)38-3)25(37)19(13-32)24(27(29,30)31)39-34-9-7-17(16-35)8-10-34;1-2/h4-6,13,16-18,32H,7-12,14-15H2,1-3H3;2H,1H3/b24-19+,32-13?;. The van der Waals surface area contributed by atoms with Gasteiger partial charge in [-0.2, -0.15) is 13.2 Å². The number of ketones is 1. The lowest BCUT2D eigenvalue weighted by Gasteiger charge is -2.44. The molecule has 1 saturated heterocycles. The number of ether oxygens (including phenoxy) is 1. The number of aliphatic hydroxyl groups excluding tert-OH is 1. The third-order valence-corrected chi connectivity index (χ3v) is 8.62. The van der Waals surface area contributed by atoms with E-state index in [-0.39, 0.29) is 53.2 Å². The summed E-state index contributed by atoms with van der Waals surface area (Å²) < 4.78 is 49.5. The first kappa shape index (κ1) is 34.8. The predicted octanol–water partition coefficient (Wildman–Crippen LogP) is 5.43. The zero-order valence-electron chi connectivity index (χ0n) is 23.6. The number of aldehydes is 1. The highest BCUT2D eigenvalue weighted by atomic mass is 35.5. The van der Waals surface area contributed by atoms with E-state index < -0.39 is 34.9 Å². The summed E-state index contributed by atoms with van der Waals surface area (Å²) in [5.74, 6) is -1.64. The zero-order valence-corrected chi connectivity index (χ0v) is 25.2. The van der Waals surface area contributed by atoms with Crippen molar-refractivity contribution >= 4 is 47.7 Å². The van der Waals surface area contributed by atoms with E-state index in [0.29, 0.717) is 31.0 Å². The summed E-state index contributed by atoms with van der Waals surface area (Å²) in [5.41, 5.74) is -0.754. The summed E-state index contributed by atoms with van der Waals surface area (Å²) in [6, 6.07) is 4.62. The molecular formula is C28H37ClF3N3O5S. The van der Waals surface area contributed by atoms with Crippen molar-refractivity contribution in [1.82, 2.24) is 9.21 Å². The summed E-state index contributed by atoms with van der Waals surface area (Å²) in [6.07, 6.45) is -1.38. The number of allylic oxidation sites excluding steroid dienone is 1. The van der Waals surface area contributed by atoms with E-state index in [1.54, 1.807) is 6.07 Å². The van der Waals surface area contributed by atoms with E-state index in [4.69, 9.17) is 26.9 Å². The maximum Gasteiger partial charge on any atom is 0.424 e. The lowest BCUT2D eigenvalue weighted by atomic mass is 9.64. The van der Waals surface area contributed by atoms with Crippen LogP contribution < -0.4 is 4.74 Å². The van der Waals surface area contributed by atoms with Crippen LogP contribution in [-0.2, 0) is 9.59 Å². The molecule has 1 saturated carbocycles. The fourth-order valence-electron chi connectivity index (χ4n) is 5.24. The average molecular weight is 620 g/mol. The Morgan fingerprint density at radius 1 is 1.24 bits per heavy atom. The Labute approximate surface area is 247 Å². The lowest BCUT2D eigenvalue weighted by molar-refractivity contribution is -0.128. The SMILES string of the molecule is CO.COc1cccc(Cl)c1C(=O)CN(CC1CC(C)(C)C1)C(=O)/C(C=N)=C(/SN1CCC(C=O)CC1)C(F)(F)F. The van der Waals surface area contributed by atoms with Crippen molar-refractivity contribution in [2.45, 2.75) is 45.7 Å². The molecule has 2 fully saturated rings. The van der Waals surface area contributed by atoms with E-state index in [0.717, 1.165) is 31.1 Å². The molecule has 1 aliphatic carbocycles. The van der Waals surface area contributed by atoms with Gasteiger partial charge in [0.15, 0.2) is 5.78 Å². The smallest absolute Gasteiger partial charge is 0.424 e. The number of nitrogens with zero attached hydrogens (tertiary/aromatic N) is 2. The second kappa shape index (κ2) is 15.2. The first-order valence-corrected chi connectivity index (χ1v) is 14.2. The summed E-state index contributed by atoms with van der Waals surface area (Å²) >= 11 is 6.62. The van der Waals surface area contributed by atoms with Gasteiger partial charge >= 0.3 is 6.18 Å². The van der Waals surface area contributed by atoms with Crippen LogP contribution in [0.3, 0.4) is 0 Å². The van der Waals surface area contributed by atoms with Gasteiger partial charge in [0, 0.05) is 38.9 Å². The fraction of sp³-hybridized carbons (Fsp3) is 0.571. The van der Waals surface area contributed by atoms with E-state index in [2.05, 4.69) is 13.8 Å². The van der Waals surface area contributed by atoms with Crippen LogP contribution in [0.1, 0.15) is 49.9 Å². The van der Waals surface area contributed by atoms with Crippen molar-refractivity contribution in [1.29, 1.82) is 5.41 Å². The Morgan fingerprint density at radius 2 is 1.85 bits per heavy atom. The van der Waals surface area contributed by atoms with E-state index >= 15 is 0 Å². The minimum absolute atomic E-state index is 0.00114. The number of Topliss-reactive ketones (excluding diaryl/α,β-unsaturated/α-hetero) is 1. The Hall–Kier alpha value is -2.41. The normalized spacial score (nSPS) is 18.3. The molecule has 0 spiro atoms. The Balaban J connectivity index is 0.00000287. The molecule has 0 atom stereocenters. The van der Waals surface area contributed by atoms with Gasteiger partial charge in [0.05, 0.1) is 29.8 Å². The number of aliphatic hydroxyl groups is 1. The van der Waals surface area contributed by atoms with Gasteiger partial charge < -0.3 is 24.9 Å². The first-order valence-electron chi connectivity index (χ1n) is 13.1. The first-order chi connectivity index (χ1) is 19.3. The van der Waals surface area contributed by atoms with Gasteiger partial charge in [-0.05, 0) is 61.1 Å². The summed E-state index contributed by atoms with van der Waals surface area (Å²) in [4.78, 5) is 37.9. The highest BCUT2D eigenvalue weighted by Crippen LogP contribution is 2.45. The topological polar surface area (TPSA) is 111 Å². The van der Waals surface area contributed by atoms with Crippen LogP contribution in [0, 0.1) is 22.7 Å². The summed E-state index contributed by atoms with van der Waals surface area (Å²) in [7, 11) is 2.36. The fourth-order valence-corrected chi connectivity index (χ4v) is 6.51. The van der Waals surface area contributed by atoms with E-state index in [1.165, 1.54) is 23.5 Å². The number of carbonyl (C=O) groups excluding carboxylic acids is 3.